The SMILES string of the molecule is N=C1Pc2c(N)c(N)c(N)c(N)c2C1N. The summed E-state index contributed by atoms with van der Waals surface area (Å²) in [5.74, 6) is 0. The number of nitrogens with two attached hydrogens (primary N) is 5. The second-order valence-electron chi connectivity index (χ2n) is 3.46. The van der Waals surface area contributed by atoms with E-state index in [1.165, 1.54) is 0 Å². The molecule has 1 aromatic carbocycles. The van der Waals surface area contributed by atoms with Crippen molar-refractivity contribution in [2.75, 3.05) is 22.9 Å². The lowest BCUT2D eigenvalue weighted by molar-refractivity contribution is 0.990. The van der Waals surface area contributed by atoms with Gasteiger partial charge in [-0.3, -0.25) is 0 Å². The van der Waals surface area contributed by atoms with Crippen molar-refractivity contribution in [1.82, 2.24) is 0 Å². The van der Waals surface area contributed by atoms with Gasteiger partial charge >= 0.3 is 0 Å². The predicted octanol–water partition coefficient (Wildman–Crippen LogP) is -0.690. The van der Waals surface area contributed by atoms with Gasteiger partial charge in [-0.15, -0.1) is 0 Å². The number of benzene rings is 1. The van der Waals surface area contributed by atoms with E-state index in [1.807, 2.05) is 0 Å². The van der Waals surface area contributed by atoms with E-state index < -0.39 is 6.04 Å². The topological polar surface area (TPSA) is 154 Å². The minimum absolute atomic E-state index is 0.140. The maximum atomic E-state index is 7.67. The van der Waals surface area contributed by atoms with E-state index in [0.29, 0.717) is 28.1 Å². The highest BCUT2D eigenvalue weighted by Gasteiger charge is 2.31. The summed E-state index contributed by atoms with van der Waals surface area (Å²) in [6.07, 6.45) is 0. The van der Waals surface area contributed by atoms with Crippen molar-refractivity contribution in [3.63, 3.8) is 0 Å². The average Bonchev–Trinajstić information content (AvgIpc) is 2.50. The van der Waals surface area contributed by atoms with Crippen LogP contribution in [0, 0.1) is 5.41 Å². The van der Waals surface area contributed by atoms with Crippen LogP contribution < -0.4 is 34.0 Å². The van der Waals surface area contributed by atoms with E-state index >= 15 is 0 Å². The minimum atomic E-state index is -0.497. The zero-order valence-corrected chi connectivity index (χ0v) is 8.96. The van der Waals surface area contributed by atoms with Crippen LogP contribution in [0.15, 0.2) is 0 Å². The Kier molecular flexibility index (Phi) is 1.99. The van der Waals surface area contributed by atoms with Crippen molar-refractivity contribution in [2.45, 2.75) is 6.04 Å². The molecule has 0 saturated heterocycles. The summed E-state index contributed by atoms with van der Waals surface area (Å²) < 4.78 is 0. The molecule has 11 N–H and O–H groups in total. The molecule has 0 spiro atoms. The van der Waals surface area contributed by atoms with Crippen molar-refractivity contribution >= 4 is 42.1 Å². The molecule has 0 radical (unpaired) electrons. The van der Waals surface area contributed by atoms with Crippen molar-refractivity contribution in [2.24, 2.45) is 5.73 Å². The highest BCUT2D eigenvalue weighted by atomic mass is 31.1. The standard InChI is InChI=1S/C8H13N6P/c9-2-1-3(10)8(14)15-7(1)6(13)5(12)4(2)11/h3,14-15H,9-13H2. The molecular formula is C8H13N6P. The Balaban J connectivity index is 2.80. The highest BCUT2D eigenvalue weighted by molar-refractivity contribution is 7.67. The third kappa shape index (κ3) is 1.15. The maximum Gasteiger partial charge on any atom is 0.0809 e. The fraction of sp³-hybridized carbons (Fsp3) is 0.125. The molecule has 1 aromatic rings. The lowest BCUT2D eigenvalue weighted by Crippen LogP contribution is -2.20. The Bertz CT molecular complexity index is 469. The minimum Gasteiger partial charge on any atom is -0.397 e. The van der Waals surface area contributed by atoms with Crippen LogP contribution in [-0.4, -0.2) is 5.45 Å². The molecule has 0 aromatic heterocycles. The summed E-state index contributed by atoms with van der Waals surface area (Å²) in [7, 11) is 0.140. The number of nitrogen functional groups attached to an aromatic ring is 4. The maximum absolute atomic E-state index is 7.67. The molecule has 1 aliphatic rings. The van der Waals surface area contributed by atoms with Gasteiger partial charge < -0.3 is 34.1 Å². The summed E-state index contributed by atoms with van der Waals surface area (Å²) >= 11 is 0. The number of rotatable bonds is 0. The normalized spacial score (nSPS) is 20.9. The highest BCUT2D eigenvalue weighted by Crippen LogP contribution is 2.43. The first kappa shape index (κ1) is 10.0. The molecule has 2 atom stereocenters. The molecule has 15 heavy (non-hydrogen) atoms. The van der Waals surface area contributed by atoms with Crippen LogP contribution in [0.5, 0.6) is 0 Å². The molecule has 2 unspecified atom stereocenters. The number of anilines is 4. The van der Waals surface area contributed by atoms with Crippen LogP contribution in [0.25, 0.3) is 0 Å². The third-order valence-electron chi connectivity index (χ3n) is 2.58. The molecule has 80 valence electrons. The van der Waals surface area contributed by atoms with Gasteiger partial charge in [0.1, 0.15) is 0 Å². The monoisotopic (exact) mass is 224 g/mol. The van der Waals surface area contributed by atoms with Gasteiger partial charge in [0.2, 0.25) is 0 Å². The number of fused-ring (bicyclic) bond motifs is 1. The number of hydrogen-bond acceptors (Lipinski definition) is 6. The number of nitrogens with one attached hydrogen (secondary N) is 1. The lowest BCUT2D eigenvalue weighted by atomic mass is 10.0. The van der Waals surface area contributed by atoms with Crippen LogP contribution >= 0.6 is 8.58 Å². The predicted molar refractivity (Wildman–Crippen MR) is 66.7 cm³/mol. The molecule has 0 amide bonds. The van der Waals surface area contributed by atoms with Crippen LogP contribution in [0.1, 0.15) is 11.6 Å². The Labute approximate surface area is 88.5 Å². The second kappa shape index (κ2) is 2.98. The van der Waals surface area contributed by atoms with Gasteiger partial charge in [-0.2, -0.15) is 0 Å². The van der Waals surface area contributed by atoms with Gasteiger partial charge in [0.25, 0.3) is 0 Å². The molecule has 0 aliphatic carbocycles. The smallest absolute Gasteiger partial charge is 0.0809 e. The second-order valence-corrected chi connectivity index (χ2v) is 4.75. The van der Waals surface area contributed by atoms with Gasteiger partial charge in [0.05, 0.1) is 34.2 Å². The lowest BCUT2D eigenvalue weighted by Gasteiger charge is -2.15. The van der Waals surface area contributed by atoms with E-state index in [1.54, 1.807) is 0 Å². The first-order chi connectivity index (χ1) is 6.95. The van der Waals surface area contributed by atoms with Gasteiger partial charge in [0, 0.05) is 10.9 Å². The van der Waals surface area contributed by atoms with Crippen LogP contribution in [0.2, 0.25) is 0 Å². The molecule has 7 heteroatoms. The zero-order chi connectivity index (χ0) is 11.3. The van der Waals surface area contributed by atoms with Crippen LogP contribution in [0.4, 0.5) is 22.7 Å². The van der Waals surface area contributed by atoms with Crippen molar-refractivity contribution in [1.29, 1.82) is 5.41 Å². The Morgan fingerprint density at radius 2 is 1.47 bits per heavy atom. The molecule has 0 fully saturated rings. The van der Waals surface area contributed by atoms with Gasteiger partial charge in [0.15, 0.2) is 0 Å². The Morgan fingerprint density at radius 3 is 2.07 bits per heavy atom. The van der Waals surface area contributed by atoms with Gasteiger partial charge in [-0.05, 0) is 8.58 Å². The molecule has 1 heterocycles. The molecular weight excluding hydrogens is 211 g/mol. The van der Waals surface area contributed by atoms with E-state index in [2.05, 4.69) is 0 Å². The molecule has 0 saturated carbocycles. The fourth-order valence-electron chi connectivity index (χ4n) is 1.66. The van der Waals surface area contributed by atoms with Gasteiger partial charge in [-0.1, -0.05) is 0 Å². The van der Waals surface area contributed by atoms with Crippen LogP contribution in [0.3, 0.4) is 0 Å². The van der Waals surface area contributed by atoms with E-state index in [-0.39, 0.29) is 14.3 Å². The number of hydrogen-bond donors (Lipinski definition) is 6. The quantitative estimate of drug-likeness (QED) is 0.254. The first-order valence-corrected chi connectivity index (χ1v) is 5.32. The Morgan fingerprint density at radius 1 is 0.933 bits per heavy atom. The summed E-state index contributed by atoms with van der Waals surface area (Å²) in [4.78, 5) is 0. The molecule has 0 bridgehead atoms. The summed E-state index contributed by atoms with van der Waals surface area (Å²) in [5, 5.41) is 8.44. The van der Waals surface area contributed by atoms with Crippen molar-refractivity contribution < 1.29 is 0 Å². The largest absolute Gasteiger partial charge is 0.397 e. The third-order valence-corrected chi connectivity index (χ3v) is 3.95. The van der Waals surface area contributed by atoms with Crippen molar-refractivity contribution in [3.05, 3.63) is 5.56 Å². The van der Waals surface area contributed by atoms with E-state index in [4.69, 9.17) is 34.1 Å². The molecule has 2 rings (SSSR count). The first-order valence-electron chi connectivity index (χ1n) is 4.32. The molecule has 6 nitrogen and oxygen atoms in total. The average molecular weight is 224 g/mol. The zero-order valence-electron chi connectivity index (χ0n) is 7.96. The van der Waals surface area contributed by atoms with Gasteiger partial charge in [-0.25, -0.2) is 0 Å². The van der Waals surface area contributed by atoms with E-state index in [0.717, 1.165) is 5.30 Å². The summed E-state index contributed by atoms with van der Waals surface area (Å²) in [6.45, 7) is 0. The molecule has 1 aliphatic heterocycles. The summed E-state index contributed by atoms with van der Waals surface area (Å²) in [5.41, 5.74) is 31.3. The van der Waals surface area contributed by atoms with Crippen LogP contribution in [-0.2, 0) is 0 Å². The summed E-state index contributed by atoms with van der Waals surface area (Å²) in [6, 6.07) is -0.497. The van der Waals surface area contributed by atoms with Crippen molar-refractivity contribution in [3.8, 4) is 0 Å². The van der Waals surface area contributed by atoms with E-state index in [9.17, 15) is 0 Å². The fourth-order valence-corrected chi connectivity index (χ4v) is 2.93. The Hall–Kier alpha value is -1.52.